The summed E-state index contributed by atoms with van der Waals surface area (Å²) < 4.78 is 0. The van der Waals surface area contributed by atoms with Gasteiger partial charge in [-0.3, -0.25) is 0 Å². The highest BCUT2D eigenvalue weighted by molar-refractivity contribution is 7.99. The molecule has 0 bridgehead atoms. The predicted molar refractivity (Wildman–Crippen MR) is 76.9 cm³/mol. The van der Waals surface area contributed by atoms with Crippen molar-refractivity contribution in [2.75, 3.05) is 25.0 Å². The quantitative estimate of drug-likeness (QED) is 0.785. The lowest BCUT2D eigenvalue weighted by atomic mass is 10.1. The fraction of sp³-hybridized carbons (Fsp3) is 0.571. The molecule has 1 aliphatic rings. The van der Waals surface area contributed by atoms with Gasteiger partial charge in [0.15, 0.2) is 0 Å². The Kier molecular flexibility index (Phi) is 4.75. The standard InChI is InChI=1S/C14H22N2S/c1-11(2)17-14-5-3-13(4-6-14)16-10-12-7-8-15-9-12/h3-6,11-12,15-16H,7-10H2,1-2H3. The molecule has 1 atom stereocenters. The van der Waals surface area contributed by atoms with E-state index in [1.54, 1.807) is 0 Å². The molecule has 0 radical (unpaired) electrons. The first-order valence-electron chi connectivity index (χ1n) is 6.45. The SMILES string of the molecule is CC(C)Sc1ccc(NCC2CCNC2)cc1. The highest BCUT2D eigenvalue weighted by Gasteiger charge is 2.13. The number of thioether (sulfide) groups is 1. The third-order valence-corrected chi connectivity index (χ3v) is 4.00. The van der Waals surface area contributed by atoms with Gasteiger partial charge in [-0.2, -0.15) is 0 Å². The molecule has 0 aromatic heterocycles. The van der Waals surface area contributed by atoms with E-state index in [0.717, 1.165) is 19.0 Å². The summed E-state index contributed by atoms with van der Waals surface area (Å²) in [5.74, 6) is 0.791. The highest BCUT2D eigenvalue weighted by Crippen LogP contribution is 2.24. The Labute approximate surface area is 109 Å². The molecule has 17 heavy (non-hydrogen) atoms. The van der Waals surface area contributed by atoms with Crippen molar-refractivity contribution in [1.29, 1.82) is 0 Å². The van der Waals surface area contributed by atoms with E-state index in [1.807, 2.05) is 11.8 Å². The van der Waals surface area contributed by atoms with Crippen LogP contribution in [0.3, 0.4) is 0 Å². The third-order valence-electron chi connectivity index (χ3n) is 2.98. The van der Waals surface area contributed by atoms with Gasteiger partial charge in [-0.1, -0.05) is 13.8 Å². The van der Waals surface area contributed by atoms with Gasteiger partial charge < -0.3 is 10.6 Å². The summed E-state index contributed by atoms with van der Waals surface area (Å²) in [4.78, 5) is 1.35. The summed E-state index contributed by atoms with van der Waals surface area (Å²) in [7, 11) is 0. The molecular formula is C14H22N2S. The molecule has 1 fully saturated rings. The number of hydrogen-bond acceptors (Lipinski definition) is 3. The Hall–Kier alpha value is -0.670. The van der Waals surface area contributed by atoms with Crippen molar-refractivity contribution in [2.24, 2.45) is 5.92 Å². The Bertz CT molecular complexity index is 329. The normalized spacial score (nSPS) is 19.8. The van der Waals surface area contributed by atoms with E-state index in [9.17, 15) is 0 Å². The topological polar surface area (TPSA) is 24.1 Å². The predicted octanol–water partition coefficient (Wildman–Crippen LogP) is 3.21. The maximum atomic E-state index is 3.52. The van der Waals surface area contributed by atoms with Crippen LogP contribution in [0.25, 0.3) is 0 Å². The van der Waals surface area contributed by atoms with Crippen LogP contribution in [0, 0.1) is 5.92 Å². The molecule has 0 aliphatic carbocycles. The Morgan fingerprint density at radius 3 is 2.71 bits per heavy atom. The van der Waals surface area contributed by atoms with Crippen molar-refractivity contribution in [3.8, 4) is 0 Å². The number of benzene rings is 1. The van der Waals surface area contributed by atoms with E-state index in [-0.39, 0.29) is 0 Å². The van der Waals surface area contributed by atoms with Gasteiger partial charge in [0, 0.05) is 22.4 Å². The largest absolute Gasteiger partial charge is 0.385 e. The van der Waals surface area contributed by atoms with Crippen LogP contribution in [0.15, 0.2) is 29.2 Å². The maximum absolute atomic E-state index is 3.52. The molecule has 2 nitrogen and oxygen atoms in total. The van der Waals surface area contributed by atoms with Gasteiger partial charge in [-0.25, -0.2) is 0 Å². The third kappa shape index (κ3) is 4.25. The van der Waals surface area contributed by atoms with Gasteiger partial charge in [0.1, 0.15) is 0 Å². The van der Waals surface area contributed by atoms with Gasteiger partial charge in [0.25, 0.3) is 0 Å². The van der Waals surface area contributed by atoms with Crippen molar-refractivity contribution in [3.63, 3.8) is 0 Å². The lowest BCUT2D eigenvalue weighted by Gasteiger charge is -2.12. The first-order valence-corrected chi connectivity index (χ1v) is 7.33. The minimum atomic E-state index is 0.651. The molecule has 1 aliphatic heterocycles. The average Bonchev–Trinajstić information content (AvgIpc) is 2.80. The lowest BCUT2D eigenvalue weighted by Crippen LogP contribution is -2.17. The summed E-state index contributed by atoms with van der Waals surface area (Å²) in [5.41, 5.74) is 1.24. The lowest BCUT2D eigenvalue weighted by molar-refractivity contribution is 0.615. The number of anilines is 1. The van der Waals surface area contributed by atoms with Crippen LogP contribution in [0.2, 0.25) is 0 Å². The van der Waals surface area contributed by atoms with Crippen molar-refractivity contribution < 1.29 is 0 Å². The molecule has 0 saturated carbocycles. The summed E-state index contributed by atoms with van der Waals surface area (Å²) in [6.45, 7) is 7.88. The van der Waals surface area contributed by atoms with Crippen LogP contribution in [0.1, 0.15) is 20.3 Å². The van der Waals surface area contributed by atoms with E-state index in [4.69, 9.17) is 0 Å². The van der Waals surface area contributed by atoms with Gasteiger partial charge in [0.2, 0.25) is 0 Å². The van der Waals surface area contributed by atoms with Gasteiger partial charge in [0.05, 0.1) is 0 Å². The zero-order chi connectivity index (χ0) is 12.1. The van der Waals surface area contributed by atoms with Gasteiger partial charge in [-0.05, 0) is 49.7 Å². The molecule has 1 unspecified atom stereocenters. The second kappa shape index (κ2) is 6.31. The van der Waals surface area contributed by atoms with Crippen LogP contribution in [0.4, 0.5) is 5.69 Å². The maximum Gasteiger partial charge on any atom is 0.0341 e. The fourth-order valence-corrected chi connectivity index (χ4v) is 2.91. The Morgan fingerprint density at radius 2 is 2.12 bits per heavy atom. The van der Waals surface area contributed by atoms with Crippen LogP contribution in [-0.4, -0.2) is 24.9 Å². The van der Waals surface area contributed by atoms with E-state index in [2.05, 4.69) is 48.7 Å². The minimum absolute atomic E-state index is 0.651. The van der Waals surface area contributed by atoms with Crippen molar-refractivity contribution in [3.05, 3.63) is 24.3 Å². The molecule has 94 valence electrons. The fourth-order valence-electron chi connectivity index (χ4n) is 2.07. The number of hydrogen-bond donors (Lipinski definition) is 2. The molecule has 1 heterocycles. The molecule has 0 spiro atoms. The van der Waals surface area contributed by atoms with E-state index < -0.39 is 0 Å². The zero-order valence-corrected chi connectivity index (χ0v) is 11.5. The Balaban J connectivity index is 1.80. The first kappa shape index (κ1) is 12.8. The van der Waals surface area contributed by atoms with Crippen LogP contribution < -0.4 is 10.6 Å². The summed E-state index contributed by atoms with van der Waals surface area (Å²) in [6, 6.07) is 8.79. The molecular weight excluding hydrogens is 228 g/mol. The summed E-state index contributed by atoms with van der Waals surface area (Å²) in [6.07, 6.45) is 1.30. The van der Waals surface area contributed by atoms with E-state index in [0.29, 0.717) is 5.25 Å². The summed E-state index contributed by atoms with van der Waals surface area (Å²) in [5, 5.41) is 7.57. The molecule has 2 rings (SSSR count). The average molecular weight is 250 g/mol. The zero-order valence-electron chi connectivity index (χ0n) is 10.7. The summed E-state index contributed by atoms with van der Waals surface area (Å²) >= 11 is 1.91. The van der Waals surface area contributed by atoms with Gasteiger partial charge >= 0.3 is 0 Å². The van der Waals surface area contributed by atoms with Crippen LogP contribution >= 0.6 is 11.8 Å². The van der Waals surface area contributed by atoms with Crippen LogP contribution in [-0.2, 0) is 0 Å². The molecule has 1 aromatic carbocycles. The van der Waals surface area contributed by atoms with Crippen molar-refractivity contribution in [1.82, 2.24) is 5.32 Å². The van der Waals surface area contributed by atoms with Crippen molar-refractivity contribution >= 4 is 17.4 Å². The van der Waals surface area contributed by atoms with E-state index >= 15 is 0 Å². The molecule has 2 N–H and O–H groups in total. The van der Waals surface area contributed by atoms with E-state index in [1.165, 1.54) is 23.5 Å². The van der Waals surface area contributed by atoms with Crippen LogP contribution in [0.5, 0.6) is 0 Å². The second-order valence-corrected chi connectivity index (χ2v) is 6.58. The Morgan fingerprint density at radius 1 is 1.35 bits per heavy atom. The minimum Gasteiger partial charge on any atom is -0.385 e. The number of rotatable bonds is 5. The highest BCUT2D eigenvalue weighted by atomic mass is 32.2. The second-order valence-electron chi connectivity index (χ2n) is 4.93. The first-order chi connectivity index (χ1) is 8.24. The number of nitrogens with one attached hydrogen (secondary N) is 2. The monoisotopic (exact) mass is 250 g/mol. The molecule has 1 saturated heterocycles. The smallest absolute Gasteiger partial charge is 0.0341 e. The van der Waals surface area contributed by atoms with Crippen molar-refractivity contribution in [2.45, 2.75) is 30.4 Å². The van der Waals surface area contributed by atoms with Gasteiger partial charge in [-0.15, -0.1) is 11.8 Å². The molecule has 1 aromatic rings. The molecule has 3 heteroatoms. The molecule has 0 amide bonds.